The molecular formula is C12H14N5O8P. The van der Waals surface area contributed by atoms with E-state index in [0.717, 1.165) is 4.57 Å². The van der Waals surface area contributed by atoms with Gasteiger partial charge in [-0.15, -0.1) is 0 Å². The minimum atomic E-state index is -2.30. The van der Waals surface area contributed by atoms with Crippen LogP contribution in [0.1, 0.15) is 11.8 Å². The Kier molecular flexibility index (Phi) is 5.19. The van der Waals surface area contributed by atoms with Gasteiger partial charge in [0.05, 0.1) is 5.56 Å². The molecule has 1 saturated heterocycles. The van der Waals surface area contributed by atoms with Crippen LogP contribution >= 0.6 is 8.38 Å². The molecule has 0 saturated carbocycles. The van der Waals surface area contributed by atoms with Gasteiger partial charge in [-0.1, -0.05) is 0 Å². The van der Waals surface area contributed by atoms with Crippen molar-refractivity contribution in [2.24, 2.45) is 0 Å². The number of anilines is 1. The molecule has 3 heterocycles. The van der Waals surface area contributed by atoms with Gasteiger partial charge >= 0.3 is 0 Å². The summed E-state index contributed by atoms with van der Waals surface area (Å²) < 4.78 is 11.0. The molecule has 140 valence electrons. The van der Waals surface area contributed by atoms with Crippen molar-refractivity contribution in [1.29, 1.82) is 5.26 Å². The third kappa shape index (κ3) is 3.16. The van der Waals surface area contributed by atoms with Crippen LogP contribution in [0.25, 0.3) is 11.0 Å². The van der Waals surface area contributed by atoms with E-state index < -0.39 is 45.0 Å². The van der Waals surface area contributed by atoms with E-state index in [1.807, 2.05) is 6.07 Å². The van der Waals surface area contributed by atoms with Gasteiger partial charge in [0, 0.05) is 6.20 Å². The van der Waals surface area contributed by atoms with Crippen molar-refractivity contribution in [3.8, 4) is 6.07 Å². The lowest BCUT2D eigenvalue weighted by Crippen LogP contribution is -2.32. The number of H-pyrrole nitrogens is 1. The Bertz CT molecular complexity index is 909. The maximum atomic E-state index is 12.0. The largest absolute Gasteiger partial charge is 0.387 e. The van der Waals surface area contributed by atoms with Gasteiger partial charge in [-0.25, -0.2) is 0 Å². The van der Waals surface area contributed by atoms with Crippen LogP contribution in [0.4, 0.5) is 5.95 Å². The summed E-state index contributed by atoms with van der Waals surface area (Å²) in [7, 11) is -2.30. The molecule has 0 spiro atoms. The van der Waals surface area contributed by atoms with Crippen molar-refractivity contribution in [2.75, 3.05) is 12.1 Å². The van der Waals surface area contributed by atoms with Crippen LogP contribution in [-0.2, 0) is 14.3 Å². The molecule has 0 aromatic carbocycles. The van der Waals surface area contributed by atoms with E-state index in [9.17, 15) is 20.3 Å². The number of fused-ring (bicyclic) bond motifs is 1. The number of aromatic nitrogens is 3. The Balaban J connectivity index is 1.97. The number of aliphatic hydroxyl groups excluding tert-OH is 3. The van der Waals surface area contributed by atoms with E-state index in [-0.39, 0.29) is 22.5 Å². The number of nitrogens with one attached hydrogen (secondary N) is 1. The molecule has 2 unspecified atom stereocenters. The third-order valence-corrected chi connectivity index (χ3v) is 4.13. The fourth-order valence-corrected chi connectivity index (χ4v) is 2.74. The molecule has 0 bridgehead atoms. The van der Waals surface area contributed by atoms with Crippen LogP contribution in [0, 0.1) is 11.3 Å². The number of aliphatic hydroxyl groups is 3. The molecule has 1 aliphatic rings. The Labute approximate surface area is 145 Å². The number of hydrogen-bond acceptors (Lipinski definition) is 11. The van der Waals surface area contributed by atoms with Crippen LogP contribution < -0.4 is 11.3 Å². The van der Waals surface area contributed by atoms with Crippen LogP contribution in [0.3, 0.4) is 0 Å². The predicted octanol–water partition coefficient (Wildman–Crippen LogP) is -2.04. The zero-order valence-corrected chi connectivity index (χ0v) is 13.8. The van der Waals surface area contributed by atoms with Gasteiger partial charge in [0.1, 0.15) is 30.0 Å². The lowest BCUT2D eigenvalue weighted by Gasteiger charge is -2.17. The summed E-state index contributed by atoms with van der Waals surface area (Å²) in [5, 5.41) is 38.1. The summed E-state index contributed by atoms with van der Waals surface area (Å²) in [6, 6.07) is 1.82. The molecule has 1 aliphatic heterocycles. The second-order valence-electron chi connectivity index (χ2n) is 5.25. The number of nitrogen functional groups attached to an aromatic ring is 1. The minimum absolute atomic E-state index is 0.0413. The first-order chi connectivity index (χ1) is 12.4. The average Bonchev–Trinajstić information content (AvgIpc) is 3.11. The Morgan fingerprint density at radius 2 is 2.23 bits per heavy atom. The first-order valence-electron chi connectivity index (χ1n) is 7.10. The molecule has 14 heteroatoms. The lowest BCUT2D eigenvalue weighted by molar-refractivity contribution is -0.332. The van der Waals surface area contributed by atoms with Gasteiger partial charge < -0.3 is 35.3 Å². The Morgan fingerprint density at radius 1 is 1.50 bits per heavy atom. The number of nitrogens with two attached hydrogens (primary N) is 1. The molecule has 3 rings (SSSR count). The highest BCUT2D eigenvalue weighted by atomic mass is 31.2. The molecule has 7 N–H and O–H groups in total. The molecule has 13 nitrogen and oxygen atoms in total. The molecule has 26 heavy (non-hydrogen) atoms. The van der Waals surface area contributed by atoms with E-state index in [2.05, 4.69) is 19.5 Å². The second-order valence-corrected chi connectivity index (χ2v) is 6.39. The number of ether oxygens (including phenoxy) is 1. The van der Waals surface area contributed by atoms with E-state index in [1.54, 1.807) is 0 Å². The maximum Gasteiger partial charge on any atom is 0.263 e. The average molecular weight is 387 g/mol. The first kappa shape index (κ1) is 18.6. The van der Waals surface area contributed by atoms with Crippen molar-refractivity contribution >= 4 is 25.4 Å². The van der Waals surface area contributed by atoms with Crippen LogP contribution in [0.15, 0.2) is 11.0 Å². The quantitative estimate of drug-likeness (QED) is 0.187. The van der Waals surface area contributed by atoms with E-state index in [4.69, 9.17) is 20.5 Å². The number of aromatic amines is 1. The molecule has 1 fully saturated rings. The topological polar surface area (TPSA) is 209 Å². The van der Waals surface area contributed by atoms with E-state index in [1.165, 1.54) is 6.20 Å². The van der Waals surface area contributed by atoms with Crippen LogP contribution in [0.5, 0.6) is 0 Å². The summed E-state index contributed by atoms with van der Waals surface area (Å²) in [6.45, 7) is 0. The van der Waals surface area contributed by atoms with Gasteiger partial charge in [0.2, 0.25) is 20.6 Å². The molecule has 0 amide bonds. The first-order valence-corrected chi connectivity index (χ1v) is 8.50. The summed E-state index contributed by atoms with van der Waals surface area (Å²) >= 11 is 0. The maximum absolute atomic E-state index is 12.0. The summed E-state index contributed by atoms with van der Waals surface area (Å²) in [5.74, 6) is -0.218. The monoisotopic (exact) mass is 387 g/mol. The smallest absolute Gasteiger partial charge is 0.263 e. The summed E-state index contributed by atoms with van der Waals surface area (Å²) in [5.41, 5.74) is 4.78. The molecule has 2 aromatic rings. The second kappa shape index (κ2) is 7.23. The SMILES string of the molecule is N#Cc1cn([C@@H]2O[C@H](OOP(O)CO)C(O)[C@@H]2O)c2nc(N)[nH]c(=O)c12. The van der Waals surface area contributed by atoms with Crippen LogP contribution in [0.2, 0.25) is 0 Å². The van der Waals surface area contributed by atoms with Gasteiger partial charge in [-0.3, -0.25) is 9.78 Å². The van der Waals surface area contributed by atoms with E-state index >= 15 is 0 Å². The lowest BCUT2D eigenvalue weighted by atomic mass is 10.2. The number of nitrogens with zero attached hydrogens (tertiary/aromatic N) is 3. The number of nitriles is 1. The predicted molar refractivity (Wildman–Crippen MR) is 83.8 cm³/mol. The number of rotatable bonds is 5. The Hall–Kier alpha value is -2.14. The summed E-state index contributed by atoms with van der Waals surface area (Å²) in [4.78, 5) is 32.1. The molecule has 2 aromatic heterocycles. The van der Waals surface area contributed by atoms with Gasteiger partial charge in [-0.05, 0) is 0 Å². The highest BCUT2D eigenvalue weighted by Crippen LogP contribution is 2.36. The highest BCUT2D eigenvalue weighted by molar-refractivity contribution is 7.45. The molecule has 0 radical (unpaired) electrons. The minimum Gasteiger partial charge on any atom is -0.387 e. The fourth-order valence-electron chi connectivity index (χ4n) is 2.50. The Morgan fingerprint density at radius 3 is 2.88 bits per heavy atom. The normalized spacial score (nSPS) is 26.9. The van der Waals surface area contributed by atoms with Gasteiger partial charge in [0.15, 0.2) is 11.9 Å². The zero-order chi connectivity index (χ0) is 19.0. The van der Waals surface area contributed by atoms with Crippen molar-refractivity contribution in [3.05, 3.63) is 22.1 Å². The zero-order valence-electron chi connectivity index (χ0n) is 12.9. The standard InChI is InChI=1S/C12H14N5O8P/c13-1-4-2-17(8-5(4)9(21)16-12(14)15-8)10-6(19)7(20)11(23-10)24-25-26(22)3-18/h2,6-7,10-11,18-20,22H,3H2,(H3,14,15,16,21)/t6-,7?,10+,11+,26?/m0/s1. The molecule has 0 aliphatic carbocycles. The van der Waals surface area contributed by atoms with Crippen molar-refractivity contribution in [1.82, 2.24) is 14.5 Å². The van der Waals surface area contributed by atoms with E-state index in [0.29, 0.717) is 0 Å². The summed E-state index contributed by atoms with van der Waals surface area (Å²) in [6.07, 6.45) is -5.44. The van der Waals surface area contributed by atoms with Gasteiger partial charge in [0.25, 0.3) is 5.56 Å². The van der Waals surface area contributed by atoms with Crippen molar-refractivity contribution < 1.29 is 34.5 Å². The van der Waals surface area contributed by atoms with Crippen molar-refractivity contribution in [2.45, 2.75) is 24.7 Å². The fraction of sp³-hybridized carbons (Fsp3) is 0.417. The third-order valence-electron chi connectivity index (χ3n) is 3.63. The van der Waals surface area contributed by atoms with Crippen LogP contribution in [-0.4, -0.2) is 59.6 Å². The highest BCUT2D eigenvalue weighted by Gasteiger charge is 2.46. The van der Waals surface area contributed by atoms with Gasteiger partial charge in [-0.2, -0.15) is 19.8 Å². The number of hydrogen-bond donors (Lipinski definition) is 6. The molecular weight excluding hydrogens is 373 g/mol. The molecule has 5 atom stereocenters. The van der Waals surface area contributed by atoms with Crippen molar-refractivity contribution in [3.63, 3.8) is 0 Å².